The summed E-state index contributed by atoms with van der Waals surface area (Å²) >= 11 is 0. The zero-order valence-corrected chi connectivity index (χ0v) is 15.6. The Morgan fingerprint density at radius 1 is 1.00 bits per heavy atom. The molecule has 1 aliphatic carbocycles. The van der Waals surface area contributed by atoms with Gasteiger partial charge in [-0.2, -0.15) is 0 Å². The van der Waals surface area contributed by atoms with Gasteiger partial charge in [-0.15, -0.1) is 6.42 Å². The van der Waals surface area contributed by atoms with E-state index in [1.807, 2.05) is 0 Å². The monoisotopic (exact) mass is 351 g/mol. The second-order valence-electron chi connectivity index (χ2n) is 6.81. The molecule has 5 nitrogen and oxygen atoms in total. The number of hydrogen-bond donors (Lipinski definition) is 1. The van der Waals surface area contributed by atoms with E-state index in [0.717, 1.165) is 25.7 Å². The van der Waals surface area contributed by atoms with E-state index in [2.05, 4.69) is 18.2 Å². The molecule has 5 heteroatoms. The Morgan fingerprint density at radius 3 is 2.20 bits per heavy atom. The molecule has 1 aliphatic rings. The van der Waals surface area contributed by atoms with Crippen LogP contribution in [0, 0.1) is 12.3 Å². The number of carbonyl (C=O) groups excluding carboxylic acids is 2. The third-order valence-corrected chi connectivity index (χ3v) is 4.71. The van der Waals surface area contributed by atoms with Crippen LogP contribution in [0.15, 0.2) is 0 Å². The summed E-state index contributed by atoms with van der Waals surface area (Å²) in [5.41, 5.74) is -0.939. The lowest BCUT2D eigenvalue weighted by Gasteiger charge is -2.27. The second-order valence-corrected chi connectivity index (χ2v) is 6.81. The molecule has 25 heavy (non-hydrogen) atoms. The van der Waals surface area contributed by atoms with Crippen LogP contribution in [0.2, 0.25) is 0 Å². The molecule has 142 valence electrons. The van der Waals surface area contributed by atoms with Crippen LogP contribution in [-0.2, 0) is 14.3 Å². The van der Waals surface area contributed by atoms with Crippen molar-refractivity contribution in [1.82, 2.24) is 5.32 Å². The zero-order valence-electron chi connectivity index (χ0n) is 15.6. The number of nitrogens with one attached hydrogen (secondary N) is 1. The van der Waals surface area contributed by atoms with Crippen molar-refractivity contribution >= 4 is 12.1 Å². The van der Waals surface area contributed by atoms with Gasteiger partial charge in [0.05, 0.1) is 6.61 Å². The lowest BCUT2D eigenvalue weighted by atomic mass is 9.98. The minimum Gasteiger partial charge on any atom is -0.464 e. The fourth-order valence-electron chi connectivity index (χ4n) is 3.24. The van der Waals surface area contributed by atoms with Gasteiger partial charge in [-0.3, -0.25) is 0 Å². The Labute approximate surface area is 152 Å². The Hall–Kier alpha value is -1.70. The molecule has 0 aromatic heterocycles. The van der Waals surface area contributed by atoms with E-state index in [4.69, 9.17) is 15.9 Å². The van der Waals surface area contributed by atoms with Crippen molar-refractivity contribution in [1.29, 1.82) is 0 Å². The Balaban J connectivity index is 2.23. The van der Waals surface area contributed by atoms with Crippen LogP contribution in [0.4, 0.5) is 4.79 Å². The maximum atomic E-state index is 12.5. The Morgan fingerprint density at radius 2 is 1.60 bits per heavy atom. The summed E-state index contributed by atoms with van der Waals surface area (Å²) in [5, 5.41) is 2.68. The number of carbonyl (C=O) groups is 2. The van der Waals surface area contributed by atoms with Crippen LogP contribution < -0.4 is 5.32 Å². The summed E-state index contributed by atoms with van der Waals surface area (Å²) in [7, 11) is 0. The van der Waals surface area contributed by atoms with Gasteiger partial charge in [0, 0.05) is 0 Å². The number of esters is 1. The summed E-state index contributed by atoms with van der Waals surface area (Å²) in [4.78, 5) is 24.2. The maximum Gasteiger partial charge on any atom is 0.409 e. The largest absolute Gasteiger partial charge is 0.464 e. The molecular weight excluding hydrogens is 318 g/mol. The van der Waals surface area contributed by atoms with E-state index in [1.54, 1.807) is 0 Å². The average Bonchev–Trinajstić information content (AvgIpc) is 3.08. The van der Waals surface area contributed by atoms with Crippen molar-refractivity contribution in [2.24, 2.45) is 0 Å². The highest BCUT2D eigenvalue weighted by atomic mass is 16.6. The maximum absolute atomic E-state index is 12.5. The van der Waals surface area contributed by atoms with E-state index in [1.165, 1.54) is 38.5 Å². The second kappa shape index (κ2) is 12.6. The molecule has 1 N–H and O–H groups in total. The van der Waals surface area contributed by atoms with Gasteiger partial charge in [0.1, 0.15) is 5.54 Å². The summed E-state index contributed by atoms with van der Waals surface area (Å²) in [6, 6.07) is 0. The minimum absolute atomic E-state index is 0.102. The third kappa shape index (κ3) is 8.29. The van der Waals surface area contributed by atoms with Crippen molar-refractivity contribution in [2.45, 2.75) is 89.5 Å². The van der Waals surface area contributed by atoms with E-state index in [0.29, 0.717) is 19.4 Å². The number of alkyl carbamates (subject to hydrolysis) is 1. The van der Waals surface area contributed by atoms with Crippen LogP contribution in [0.25, 0.3) is 0 Å². The first-order chi connectivity index (χ1) is 12.1. The standard InChI is InChI=1S/C20H33NO4/c1-3-5-6-7-8-9-10-13-17-24-18(22)20(14-11-12-15-20)21-19(23)25-16-4-2/h2H,3,5-17H2,1H3,(H,21,23). The van der Waals surface area contributed by atoms with Gasteiger partial charge in [0.15, 0.2) is 6.61 Å². The molecule has 1 fully saturated rings. The number of unbranched alkanes of at least 4 members (excludes halogenated alkanes) is 7. The fraction of sp³-hybridized carbons (Fsp3) is 0.800. The van der Waals surface area contributed by atoms with Crippen LogP contribution in [0.1, 0.15) is 84.0 Å². The van der Waals surface area contributed by atoms with Gasteiger partial charge in [-0.25, -0.2) is 9.59 Å². The molecule has 0 spiro atoms. The molecule has 0 unspecified atom stereocenters. The lowest BCUT2D eigenvalue weighted by Crippen LogP contribution is -2.53. The predicted octanol–water partition coefficient (Wildman–Crippen LogP) is 4.34. The summed E-state index contributed by atoms with van der Waals surface area (Å²) in [6.07, 6.45) is 17.0. The van der Waals surface area contributed by atoms with Crippen LogP contribution >= 0.6 is 0 Å². The highest BCUT2D eigenvalue weighted by Gasteiger charge is 2.44. The van der Waals surface area contributed by atoms with Gasteiger partial charge >= 0.3 is 12.1 Å². The molecule has 0 aliphatic heterocycles. The van der Waals surface area contributed by atoms with Gasteiger partial charge in [-0.05, 0) is 19.3 Å². The van der Waals surface area contributed by atoms with Crippen molar-refractivity contribution in [2.75, 3.05) is 13.2 Å². The molecule has 0 aromatic rings. The zero-order chi connectivity index (χ0) is 18.4. The Kier molecular flexibility index (Phi) is 10.8. The average molecular weight is 351 g/mol. The molecule has 1 saturated carbocycles. The summed E-state index contributed by atoms with van der Waals surface area (Å²) < 4.78 is 10.3. The van der Waals surface area contributed by atoms with Gasteiger partial charge < -0.3 is 14.8 Å². The molecule has 0 aromatic carbocycles. The first kappa shape index (κ1) is 21.3. The van der Waals surface area contributed by atoms with Gasteiger partial charge in [0.2, 0.25) is 0 Å². The van der Waals surface area contributed by atoms with E-state index in [9.17, 15) is 9.59 Å². The first-order valence-electron chi connectivity index (χ1n) is 9.70. The van der Waals surface area contributed by atoms with Crippen LogP contribution in [0.5, 0.6) is 0 Å². The number of rotatable bonds is 12. The molecular formula is C20H33NO4. The van der Waals surface area contributed by atoms with E-state index < -0.39 is 11.6 Å². The SMILES string of the molecule is C#CCOC(=O)NC1(C(=O)OCCCCCCCCCC)CCCC1. The fourth-order valence-corrected chi connectivity index (χ4v) is 3.24. The van der Waals surface area contributed by atoms with Crippen molar-refractivity contribution in [3.05, 3.63) is 0 Å². The highest BCUT2D eigenvalue weighted by molar-refractivity contribution is 5.86. The molecule has 0 radical (unpaired) electrons. The molecule has 0 atom stereocenters. The van der Waals surface area contributed by atoms with Crippen molar-refractivity contribution in [3.8, 4) is 12.3 Å². The minimum atomic E-state index is -0.939. The topological polar surface area (TPSA) is 64.6 Å². The normalized spacial score (nSPS) is 15.4. The Bertz CT molecular complexity index is 435. The summed E-state index contributed by atoms with van der Waals surface area (Å²) in [6.45, 7) is 2.53. The number of amides is 1. The molecule has 1 amide bonds. The van der Waals surface area contributed by atoms with E-state index in [-0.39, 0.29) is 12.6 Å². The first-order valence-corrected chi connectivity index (χ1v) is 9.70. The van der Waals surface area contributed by atoms with Crippen LogP contribution in [0.3, 0.4) is 0 Å². The molecule has 1 rings (SSSR count). The van der Waals surface area contributed by atoms with Gasteiger partial charge in [0.25, 0.3) is 0 Å². The predicted molar refractivity (Wildman–Crippen MR) is 98.1 cm³/mol. The lowest BCUT2D eigenvalue weighted by molar-refractivity contribution is -0.151. The quantitative estimate of drug-likeness (QED) is 0.323. The van der Waals surface area contributed by atoms with Crippen molar-refractivity contribution < 1.29 is 19.1 Å². The molecule has 0 heterocycles. The third-order valence-electron chi connectivity index (χ3n) is 4.71. The number of terminal acetylenes is 1. The molecule has 0 bridgehead atoms. The van der Waals surface area contributed by atoms with Crippen molar-refractivity contribution in [3.63, 3.8) is 0 Å². The number of hydrogen-bond acceptors (Lipinski definition) is 4. The van der Waals surface area contributed by atoms with Crippen LogP contribution in [-0.4, -0.2) is 30.8 Å². The van der Waals surface area contributed by atoms with E-state index >= 15 is 0 Å². The molecule has 0 saturated heterocycles. The smallest absolute Gasteiger partial charge is 0.409 e. The highest BCUT2D eigenvalue weighted by Crippen LogP contribution is 2.31. The summed E-state index contributed by atoms with van der Waals surface area (Å²) in [5.74, 6) is 1.89. The number of ether oxygens (including phenoxy) is 2. The van der Waals surface area contributed by atoms with Gasteiger partial charge in [-0.1, -0.05) is 70.6 Å².